The maximum atomic E-state index is 12.3. The summed E-state index contributed by atoms with van der Waals surface area (Å²) >= 11 is 1.71. The van der Waals surface area contributed by atoms with Crippen LogP contribution in [0.1, 0.15) is 12.0 Å². The second kappa shape index (κ2) is 6.81. The summed E-state index contributed by atoms with van der Waals surface area (Å²) in [6.45, 7) is 3.65. The molecule has 1 aliphatic heterocycles. The summed E-state index contributed by atoms with van der Waals surface area (Å²) in [4.78, 5) is 15.5. The van der Waals surface area contributed by atoms with E-state index >= 15 is 0 Å². The fourth-order valence-corrected chi connectivity index (χ4v) is 2.84. The highest BCUT2D eigenvalue weighted by atomic mass is 32.2. The lowest BCUT2D eigenvalue weighted by Gasteiger charge is -2.20. The molecule has 1 aromatic rings. The van der Waals surface area contributed by atoms with Crippen molar-refractivity contribution in [1.29, 1.82) is 0 Å². The minimum Gasteiger partial charge on any atom is -0.341 e. The number of hydrogen-bond acceptors (Lipinski definition) is 3. The van der Waals surface area contributed by atoms with Gasteiger partial charge in [0.15, 0.2) is 0 Å². The van der Waals surface area contributed by atoms with E-state index in [1.54, 1.807) is 11.8 Å². The third kappa shape index (κ3) is 3.50. The summed E-state index contributed by atoms with van der Waals surface area (Å²) in [7, 11) is 0. The summed E-state index contributed by atoms with van der Waals surface area (Å²) in [5.41, 5.74) is 1.15. The molecular weight excluding hydrogens is 244 g/mol. The van der Waals surface area contributed by atoms with Crippen LogP contribution in [0.3, 0.4) is 0 Å². The summed E-state index contributed by atoms with van der Waals surface area (Å²) in [6.07, 6.45) is 3.63. The van der Waals surface area contributed by atoms with E-state index in [9.17, 15) is 4.79 Å². The van der Waals surface area contributed by atoms with Crippen molar-refractivity contribution < 1.29 is 4.79 Å². The average Bonchev–Trinajstić information content (AvgIpc) is 2.68. The third-order valence-corrected chi connectivity index (χ3v) is 4.07. The van der Waals surface area contributed by atoms with E-state index in [0.29, 0.717) is 6.42 Å². The number of rotatable bonds is 3. The van der Waals surface area contributed by atoms with E-state index < -0.39 is 0 Å². The number of nitrogens with one attached hydrogen (secondary N) is 1. The van der Waals surface area contributed by atoms with Crippen LogP contribution in [0.5, 0.6) is 0 Å². The Morgan fingerprint density at radius 2 is 2.17 bits per heavy atom. The molecule has 0 bridgehead atoms. The first kappa shape index (κ1) is 13.4. The van der Waals surface area contributed by atoms with Crippen LogP contribution in [0.15, 0.2) is 29.2 Å². The van der Waals surface area contributed by atoms with Gasteiger partial charge in [0.25, 0.3) is 0 Å². The SMILES string of the molecule is CSc1ccccc1CC(=O)N1CCCNCC1. The van der Waals surface area contributed by atoms with Crippen molar-refractivity contribution in [3.63, 3.8) is 0 Å². The fourth-order valence-electron chi connectivity index (χ4n) is 2.22. The van der Waals surface area contributed by atoms with Gasteiger partial charge in [0, 0.05) is 24.5 Å². The number of carbonyl (C=O) groups is 1. The number of nitrogens with zero attached hydrogens (tertiary/aromatic N) is 1. The van der Waals surface area contributed by atoms with E-state index in [-0.39, 0.29) is 5.91 Å². The molecule has 0 aliphatic carbocycles. The van der Waals surface area contributed by atoms with Crippen LogP contribution >= 0.6 is 11.8 Å². The maximum Gasteiger partial charge on any atom is 0.227 e. The predicted molar refractivity (Wildman–Crippen MR) is 76.0 cm³/mol. The molecule has 4 heteroatoms. The summed E-state index contributed by atoms with van der Waals surface area (Å²) in [5.74, 6) is 0.250. The van der Waals surface area contributed by atoms with Gasteiger partial charge in [0.05, 0.1) is 6.42 Å². The maximum absolute atomic E-state index is 12.3. The highest BCUT2D eigenvalue weighted by Gasteiger charge is 2.16. The van der Waals surface area contributed by atoms with Gasteiger partial charge in [0.1, 0.15) is 0 Å². The second-order valence-electron chi connectivity index (χ2n) is 4.47. The van der Waals surface area contributed by atoms with Crippen LogP contribution in [-0.2, 0) is 11.2 Å². The van der Waals surface area contributed by atoms with E-state index in [0.717, 1.165) is 38.2 Å². The molecule has 1 fully saturated rings. The van der Waals surface area contributed by atoms with Crippen LogP contribution in [0.2, 0.25) is 0 Å². The number of hydrogen-bond donors (Lipinski definition) is 1. The van der Waals surface area contributed by atoms with Crippen LogP contribution in [0, 0.1) is 0 Å². The monoisotopic (exact) mass is 264 g/mol. The molecule has 1 heterocycles. The van der Waals surface area contributed by atoms with Gasteiger partial charge in [-0.05, 0) is 30.9 Å². The lowest BCUT2D eigenvalue weighted by Crippen LogP contribution is -2.35. The lowest BCUT2D eigenvalue weighted by atomic mass is 10.1. The van der Waals surface area contributed by atoms with Crippen molar-refractivity contribution in [2.24, 2.45) is 0 Å². The smallest absolute Gasteiger partial charge is 0.227 e. The first-order valence-electron chi connectivity index (χ1n) is 6.41. The first-order chi connectivity index (χ1) is 8.81. The van der Waals surface area contributed by atoms with Crippen molar-refractivity contribution in [1.82, 2.24) is 10.2 Å². The van der Waals surface area contributed by atoms with Crippen LogP contribution in [-0.4, -0.2) is 43.2 Å². The van der Waals surface area contributed by atoms with Gasteiger partial charge in [0.2, 0.25) is 5.91 Å². The Bertz CT molecular complexity index is 401. The zero-order valence-electron chi connectivity index (χ0n) is 10.8. The lowest BCUT2D eigenvalue weighted by molar-refractivity contribution is -0.130. The molecule has 2 rings (SSSR count). The van der Waals surface area contributed by atoms with Gasteiger partial charge in [-0.3, -0.25) is 4.79 Å². The Balaban J connectivity index is 2.01. The van der Waals surface area contributed by atoms with Crippen molar-refractivity contribution in [3.8, 4) is 0 Å². The number of carbonyl (C=O) groups excluding carboxylic acids is 1. The summed E-state index contributed by atoms with van der Waals surface area (Å²) in [6, 6.07) is 8.17. The largest absolute Gasteiger partial charge is 0.341 e. The van der Waals surface area contributed by atoms with Crippen molar-refractivity contribution in [2.75, 3.05) is 32.4 Å². The van der Waals surface area contributed by atoms with Gasteiger partial charge >= 0.3 is 0 Å². The van der Waals surface area contributed by atoms with Crippen LogP contribution in [0.25, 0.3) is 0 Å². The molecule has 0 aromatic heterocycles. The molecule has 1 aliphatic rings. The minimum atomic E-state index is 0.250. The molecule has 98 valence electrons. The minimum absolute atomic E-state index is 0.250. The Morgan fingerprint density at radius 3 is 3.00 bits per heavy atom. The Morgan fingerprint density at radius 1 is 1.33 bits per heavy atom. The van der Waals surface area contributed by atoms with E-state index in [1.807, 2.05) is 17.0 Å². The summed E-state index contributed by atoms with van der Waals surface area (Å²) in [5, 5.41) is 3.32. The predicted octanol–water partition coefficient (Wildman–Crippen LogP) is 1.77. The number of amides is 1. The molecular formula is C14H20N2OS. The molecule has 18 heavy (non-hydrogen) atoms. The average molecular weight is 264 g/mol. The van der Waals surface area contributed by atoms with E-state index in [2.05, 4.69) is 23.7 Å². The van der Waals surface area contributed by atoms with Crippen molar-refractivity contribution >= 4 is 17.7 Å². The van der Waals surface area contributed by atoms with Gasteiger partial charge in [-0.2, -0.15) is 0 Å². The zero-order valence-corrected chi connectivity index (χ0v) is 11.6. The van der Waals surface area contributed by atoms with E-state index in [1.165, 1.54) is 4.90 Å². The third-order valence-electron chi connectivity index (χ3n) is 3.23. The van der Waals surface area contributed by atoms with Gasteiger partial charge in [-0.1, -0.05) is 18.2 Å². The second-order valence-corrected chi connectivity index (χ2v) is 5.32. The van der Waals surface area contributed by atoms with Crippen LogP contribution in [0.4, 0.5) is 0 Å². The number of benzene rings is 1. The van der Waals surface area contributed by atoms with Crippen LogP contribution < -0.4 is 5.32 Å². The van der Waals surface area contributed by atoms with Gasteiger partial charge < -0.3 is 10.2 Å². The topological polar surface area (TPSA) is 32.3 Å². The quantitative estimate of drug-likeness (QED) is 0.845. The van der Waals surface area contributed by atoms with Crippen molar-refractivity contribution in [3.05, 3.63) is 29.8 Å². The molecule has 0 unspecified atom stereocenters. The van der Waals surface area contributed by atoms with Crippen molar-refractivity contribution in [2.45, 2.75) is 17.7 Å². The highest BCUT2D eigenvalue weighted by molar-refractivity contribution is 7.98. The highest BCUT2D eigenvalue weighted by Crippen LogP contribution is 2.20. The molecule has 0 spiro atoms. The Kier molecular flexibility index (Phi) is 5.08. The molecule has 3 nitrogen and oxygen atoms in total. The molecule has 0 saturated carbocycles. The van der Waals surface area contributed by atoms with E-state index in [4.69, 9.17) is 0 Å². The number of thioether (sulfide) groups is 1. The molecule has 1 aromatic carbocycles. The Labute approximate surface area is 113 Å². The molecule has 1 N–H and O–H groups in total. The zero-order chi connectivity index (χ0) is 12.8. The standard InChI is InChI=1S/C14H20N2OS/c1-18-13-6-3-2-5-12(13)11-14(17)16-9-4-7-15-8-10-16/h2-3,5-6,15H,4,7-11H2,1H3. The molecule has 0 radical (unpaired) electrons. The molecule has 1 saturated heterocycles. The molecule has 0 atom stereocenters. The van der Waals surface area contributed by atoms with Gasteiger partial charge in [-0.15, -0.1) is 11.8 Å². The normalized spacial score (nSPS) is 16.4. The summed E-state index contributed by atoms with van der Waals surface area (Å²) < 4.78 is 0. The van der Waals surface area contributed by atoms with Gasteiger partial charge in [-0.25, -0.2) is 0 Å². The Hall–Kier alpha value is -1.00. The molecule has 1 amide bonds. The first-order valence-corrected chi connectivity index (χ1v) is 7.64. The fraction of sp³-hybridized carbons (Fsp3) is 0.500.